The number of benzene rings is 2. The van der Waals surface area contributed by atoms with Crippen LogP contribution in [-0.4, -0.2) is 38.9 Å². The van der Waals surface area contributed by atoms with Crippen LogP contribution in [0.25, 0.3) is 21.9 Å². The number of thiocarbonyl (C=S) groups is 1. The fourth-order valence-electron chi connectivity index (χ4n) is 2.95. The molecule has 0 aliphatic carbocycles. The summed E-state index contributed by atoms with van der Waals surface area (Å²) in [6.07, 6.45) is 0.630. The number of aryl methyl sites for hydroxylation is 1. The van der Waals surface area contributed by atoms with Gasteiger partial charge in [0.25, 0.3) is 5.56 Å². The summed E-state index contributed by atoms with van der Waals surface area (Å²) in [6.45, 7) is 0.952. The molecule has 0 amide bonds. The monoisotopic (exact) mass is 410 g/mol. The third kappa shape index (κ3) is 3.87. The third-order valence-electron chi connectivity index (χ3n) is 4.38. The van der Waals surface area contributed by atoms with Crippen molar-refractivity contribution in [1.29, 1.82) is 0 Å². The lowest BCUT2D eigenvalue weighted by molar-refractivity contribution is 0.417. The van der Waals surface area contributed by atoms with E-state index in [0.717, 1.165) is 5.39 Å². The third-order valence-corrected chi connectivity index (χ3v) is 4.62. The maximum absolute atomic E-state index is 12.6. The standard InChI is InChI=1S/C19H18N6O3S/c1-27-15-9-4-7-13-16(15)22-24-25(18(13)26)11-5-10-20-19(29)21-17-12-6-2-3-8-14(12)28-23-17/h2-4,6-9H,5,10-11H2,1H3,(H2,20,21,23,29). The zero-order valence-corrected chi connectivity index (χ0v) is 16.4. The van der Waals surface area contributed by atoms with Gasteiger partial charge in [-0.2, -0.15) is 0 Å². The van der Waals surface area contributed by atoms with Gasteiger partial charge >= 0.3 is 0 Å². The predicted octanol–water partition coefficient (Wildman–Crippen LogP) is 2.32. The molecule has 148 valence electrons. The summed E-state index contributed by atoms with van der Waals surface area (Å²) < 4.78 is 11.8. The van der Waals surface area contributed by atoms with Crippen molar-refractivity contribution in [2.45, 2.75) is 13.0 Å². The van der Waals surface area contributed by atoms with Crippen molar-refractivity contribution in [2.75, 3.05) is 19.0 Å². The first-order chi connectivity index (χ1) is 14.2. The highest BCUT2D eigenvalue weighted by molar-refractivity contribution is 7.80. The normalized spacial score (nSPS) is 10.9. The molecule has 2 N–H and O–H groups in total. The lowest BCUT2D eigenvalue weighted by Crippen LogP contribution is -2.31. The van der Waals surface area contributed by atoms with Gasteiger partial charge in [-0.05, 0) is 42.9 Å². The van der Waals surface area contributed by atoms with Crippen LogP contribution in [0.5, 0.6) is 5.75 Å². The number of fused-ring (bicyclic) bond motifs is 2. The number of para-hydroxylation sites is 1. The molecule has 4 rings (SSSR count). The zero-order chi connectivity index (χ0) is 20.2. The Morgan fingerprint density at radius 1 is 1.21 bits per heavy atom. The van der Waals surface area contributed by atoms with Crippen molar-refractivity contribution in [3.8, 4) is 5.75 Å². The van der Waals surface area contributed by atoms with Crippen LogP contribution in [0, 0.1) is 0 Å². The number of nitrogens with one attached hydrogen (secondary N) is 2. The second-order valence-electron chi connectivity index (χ2n) is 6.24. The quantitative estimate of drug-likeness (QED) is 0.366. The summed E-state index contributed by atoms with van der Waals surface area (Å²) >= 11 is 5.30. The molecule has 2 aromatic carbocycles. The molecule has 0 saturated heterocycles. The van der Waals surface area contributed by atoms with E-state index in [1.54, 1.807) is 18.2 Å². The number of methoxy groups -OCH3 is 1. The van der Waals surface area contributed by atoms with Gasteiger partial charge in [0.1, 0.15) is 11.3 Å². The second-order valence-corrected chi connectivity index (χ2v) is 6.64. The smallest absolute Gasteiger partial charge is 0.277 e. The summed E-state index contributed by atoms with van der Waals surface area (Å²) in [6, 6.07) is 12.7. The summed E-state index contributed by atoms with van der Waals surface area (Å²) in [4.78, 5) is 12.6. The summed E-state index contributed by atoms with van der Waals surface area (Å²) in [5.74, 6) is 1.08. The largest absolute Gasteiger partial charge is 0.494 e. The van der Waals surface area contributed by atoms with E-state index in [0.29, 0.717) is 52.7 Å². The summed E-state index contributed by atoms with van der Waals surface area (Å²) in [7, 11) is 1.53. The number of aromatic nitrogens is 4. The lowest BCUT2D eigenvalue weighted by atomic mass is 10.2. The first-order valence-corrected chi connectivity index (χ1v) is 9.38. The summed E-state index contributed by atoms with van der Waals surface area (Å²) in [5.41, 5.74) is 0.937. The molecular formula is C19H18N6O3S. The molecule has 10 heteroatoms. The van der Waals surface area contributed by atoms with E-state index in [2.05, 4.69) is 26.1 Å². The van der Waals surface area contributed by atoms with Crippen LogP contribution in [0.4, 0.5) is 5.82 Å². The van der Waals surface area contributed by atoms with Crippen molar-refractivity contribution >= 4 is 45.0 Å². The molecule has 0 aliphatic heterocycles. The highest BCUT2D eigenvalue weighted by Gasteiger charge is 2.10. The van der Waals surface area contributed by atoms with Crippen LogP contribution < -0.4 is 20.9 Å². The lowest BCUT2D eigenvalue weighted by Gasteiger charge is -2.09. The number of nitrogens with zero attached hydrogens (tertiary/aromatic N) is 4. The van der Waals surface area contributed by atoms with Gasteiger partial charge in [0.2, 0.25) is 0 Å². The minimum Gasteiger partial charge on any atom is -0.494 e. The average molecular weight is 410 g/mol. The topological polar surface area (TPSA) is 107 Å². The summed E-state index contributed by atoms with van der Waals surface area (Å²) in [5, 5.41) is 19.9. The Morgan fingerprint density at radius 3 is 2.90 bits per heavy atom. The van der Waals surface area contributed by atoms with E-state index < -0.39 is 0 Å². The number of anilines is 1. The van der Waals surface area contributed by atoms with Crippen LogP contribution in [0.3, 0.4) is 0 Å². The van der Waals surface area contributed by atoms with Gasteiger partial charge in [-0.1, -0.05) is 28.6 Å². The van der Waals surface area contributed by atoms with Crippen LogP contribution in [0.15, 0.2) is 51.8 Å². The van der Waals surface area contributed by atoms with Crippen molar-refractivity contribution in [1.82, 2.24) is 25.5 Å². The molecular weight excluding hydrogens is 392 g/mol. The predicted molar refractivity (Wildman–Crippen MR) is 113 cm³/mol. The zero-order valence-electron chi connectivity index (χ0n) is 15.6. The SMILES string of the molecule is COc1cccc2c(=O)n(CCCNC(=S)Nc3noc4ccccc34)nnc12. The fraction of sp³-hybridized carbons (Fsp3) is 0.211. The van der Waals surface area contributed by atoms with Gasteiger partial charge in [-0.25, -0.2) is 4.68 Å². The van der Waals surface area contributed by atoms with Crippen molar-refractivity contribution in [3.05, 3.63) is 52.8 Å². The first kappa shape index (κ1) is 18.8. The maximum Gasteiger partial charge on any atom is 0.277 e. The number of hydrogen-bond donors (Lipinski definition) is 2. The molecule has 0 spiro atoms. The van der Waals surface area contributed by atoms with E-state index in [9.17, 15) is 4.79 Å². The maximum atomic E-state index is 12.6. The molecule has 29 heavy (non-hydrogen) atoms. The van der Waals surface area contributed by atoms with Crippen LogP contribution in [0.2, 0.25) is 0 Å². The molecule has 0 fully saturated rings. The molecule has 0 unspecified atom stereocenters. The molecule has 0 atom stereocenters. The molecule has 9 nitrogen and oxygen atoms in total. The molecule has 0 radical (unpaired) electrons. The molecule has 0 bridgehead atoms. The van der Waals surface area contributed by atoms with E-state index in [4.69, 9.17) is 21.5 Å². The van der Waals surface area contributed by atoms with Gasteiger partial charge in [-0.3, -0.25) is 4.79 Å². The minimum absolute atomic E-state index is 0.205. The molecule has 2 heterocycles. The number of rotatable bonds is 6. The van der Waals surface area contributed by atoms with Crippen LogP contribution in [0.1, 0.15) is 6.42 Å². The Kier molecular flexibility index (Phi) is 5.34. The first-order valence-electron chi connectivity index (χ1n) is 8.97. The highest BCUT2D eigenvalue weighted by atomic mass is 32.1. The molecule has 4 aromatic rings. The van der Waals surface area contributed by atoms with Gasteiger partial charge in [0, 0.05) is 13.1 Å². The van der Waals surface area contributed by atoms with Gasteiger partial charge in [0.15, 0.2) is 16.5 Å². The van der Waals surface area contributed by atoms with E-state index in [1.165, 1.54) is 11.8 Å². The molecule has 0 saturated carbocycles. The Morgan fingerprint density at radius 2 is 2.03 bits per heavy atom. The Balaban J connectivity index is 1.34. The van der Waals surface area contributed by atoms with Crippen LogP contribution >= 0.6 is 12.2 Å². The van der Waals surface area contributed by atoms with Gasteiger partial charge < -0.3 is 19.9 Å². The van der Waals surface area contributed by atoms with E-state index >= 15 is 0 Å². The van der Waals surface area contributed by atoms with Gasteiger partial charge in [-0.15, -0.1) is 5.10 Å². The Bertz CT molecular complexity index is 1240. The Hall–Kier alpha value is -3.53. The van der Waals surface area contributed by atoms with Crippen molar-refractivity contribution < 1.29 is 9.26 Å². The second kappa shape index (κ2) is 8.23. The van der Waals surface area contributed by atoms with E-state index in [-0.39, 0.29) is 5.56 Å². The van der Waals surface area contributed by atoms with E-state index in [1.807, 2.05) is 24.3 Å². The van der Waals surface area contributed by atoms with Gasteiger partial charge in [0.05, 0.1) is 17.9 Å². The number of ether oxygens (including phenoxy) is 1. The van der Waals surface area contributed by atoms with Crippen molar-refractivity contribution in [3.63, 3.8) is 0 Å². The Labute approximate surface area is 170 Å². The van der Waals surface area contributed by atoms with Crippen molar-refractivity contribution in [2.24, 2.45) is 0 Å². The molecule has 0 aliphatic rings. The fourth-order valence-corrected chi connectivity index (χ4v) is 3.14. The van der Waals surface area contributed by atoms with Crippen LogP contribution in [-0.2, 0) is 6.54 Å². The minimum atomic E-state index is -0.205. The number of hydrogen-bond acceptors (Lipinski definition) is 7. The molecule has 2 aromatic heterocycles. The highest BCUT2D eigenvalue weighted by Crippen LogP contribution is 2.22. The average Bonchev–Trinajstić information content (AvgIpc) is 3.15.